The molecular formula is C20H16FN3S. The Labute approximate surface area is 149 Å². The molecule has 0 spiro atoms. The van der Waals surface area contributed by atoms with Gasteiger partial charge in [-0.25, -0.2) is 9.07 Å². The Morgan fingerprint density at radius 1 is 0.960 bits per heavy atom. The molecule has 25 heavy (non-hydrogen) atoms. The number of nitrogens with zero attached hydrogens (tertiary/aromatic N) is 2. The molecule has 0 aliphatic carbocycles. The van der Waals surface area contributed by atoms with Gasteiger partial charge in [-0.05, 0) is 78.0 Å². The van der Waals surface area contributed by atoms with E-state index in [1.807, 2.05) is 29.1 Å². The van der Waals surface area contributed by atoms with E-state index >= 15 is 0 Å². The molecule has 3 aromatic carbocycles. The first kappa shape index (κ1) is 15.9. The Bertz CT molecular complexity index is 1050. The summed E-state index contributed by atoms with van der Waals surface area (Å²) in [6.45, 7) is 1.76. The fourth-order valence-corrected chi connectivity index (χ4v) is 3.20. The topological polar surface area (TPSA) is 43.8 Å². The summed E-state index contributed by atoms with van der Waals surface area (Å²) in [6.07, 6.45) is 1.83. The summed E-state index contributed by atoms with van der Waals surface area (Å²) in [6, 6.07) is 19.4. The highest BCUT2D eigenvalue weighted by atomic mass is 32.2. The quantitative estimate of drug-likeness (QED) is 0.523. The highest BCUT2D eigenvalue weighted by molar-refractivity contribution is 7.97. The molecule has 0 saturated carbocycles. The average molecular weight is 349 g/mol. The first-order valence-electron chi connectivity index (χ1n) is 7.87. The predicted molar refractivity (Wildman–Crippen MR) is 101 cm³/mol. The van der Waals surface area contributed by atoms with E-state index in [1.54, 1.807) is 19.1 Å². The summed E-state index contributed by atoms with van der Waals surface area (Å²) in [7, 11) is 0. The number of fused-ring (bicyclic) bond motifs is 1. The van der Waals surface area contributed by atoms with Crippen molar-refractivity contribution in [1.29, 1.82) is 0 Å². The summed E-state index contributed by atoms with van der Waals surface area (Å²) in [5.41, 5.74) is 4.70. The van der Waals surface area contributed by atoms with Crippen molar-refractivity contribution < 1.29 is 4.39 Å². The van der Waals surface area contributed by atoms with Crippen LogP contribution in [0.5, 0.6) is 0 Å². The highest BCUT2D eigenvalue weighted by Crippen LogP contribution is 2.27. The van der Waals surface area contributed by atoms with Gasteiger partial charge in [-0.15, -0.1) is 0 Å². The van der Waals surface area contributed by atoms with E-state index in [9.17, 15) is 4.39 Å². The van der Waals surface area contributed by atoms with Gasteiger partial charge < -0.3 is 0 Å². The Kier molecular flexibility index (Phi) is 4.03. The van der Waals surface area contributed by atoms with Crippen LogP contribution < -0.4 is 5.14 Å². The molecule has 5 heteroatoms. The molecule has 1 heterocycles. The number of hydrogen-bond acceptors (Lipinski definition) is 3. The second kappa shape index (κ2) is 6.35. The number of benzene rings is 3. The van der Waals surface area contributed by atoms with Crippen LogP contribution in [-0.4, -0.2) is 9.78 Å². The van der Waals surface area contributed by atoms with Crippen molar-refractivity contribution in [2.45, 2.75) is 11.8 Å². The van der Waals surface area contributed by atoms with Crippen molar-refractivity contribution >= 4 is 22.9 Å². The Morgan fingerprint density at radius 2 is 1.72 bits per heavy atom. The Balaban J connectivity index is 1.76. The summed E-state index contributed by atoms with van der Waals surface area (Å²) < 4.78 is 15.3. The molecule has 0 radical (unpaired) electrons. The molecule has 0 saturated heterocycles. The van der Waals surface area contributed by atoms with E-state index in [-0.39, 0.29) is 5.82 Å². The van der Waals surface area contributed by atoms with Gasteiger partial charge in [0.15, 0.2) is 0 Å². The summed E-state index contributed by atoms with van der Waals surface area (Å²) >= 11 is 1.24. The first-order chi connectivity index (χ1) is 12.2. The third-order valence-electron chi connectivity index (χ3n) is 4.28. The van der Waals surface area contributed by atoms with E-state index in [2.05, 4.69) is 29.4 Å². The standard InChI is InChI=1S/C20H16FN3S/c1-13-10-17(5-8-19(13)21)24-20-9-4-15(11-16(20)12-23-24)14-2-6-18(25-22)7-3-14/h2-12H,22H2,1H3. The molecule has 0 atom stereocenters. The second-order valence-corrected chi connectivity index (χ2v) is 6.61. The van der Waals surface area contributed by atoms with Gasteiger partial charge in [-0.2, -0.15) is 5.10 Å². The van der Waals surface area contributed by atoms with Crippen LogP contribution in [0.3, 0.4) is 0 Å². The number of aryl methyl sites for hydroxylation is 1. The number of halogens is 1. The zero-order chi connectivity index (χ0) is 17.4. The fourth-order valence-electron chi connectivity index (χ4n) is 2.90. The van der Waals surface area contributed by atoms with Crippen molar-refractivity contribution in [2.75, 3.05) is 0 Å². The lowest BCUT2D eigenvalue weighted by atomic mass is 10.0. The van der Waals surface area contributed by atoms with Gasteiger partial charge in [-0.1, -0.05) is 18.2 Å². The zero-order valence-corrected chi connectivity index (χ0v) is 14.4. The summed E-state index contributed by atoms with van der Waals surface area (Å²) in [4.78, 5) is 1.03. The van der Waals surface area contributed by atoms with Crippen molar-refractivity contribution in [3.63, 3.8) is 0 Å². The van der Waals surface area contributed by atoms with E-state index in [1.165, 1.54) is 18.0 Å². The maximum atomic E-state index is 13.5. The SMILES string of the molecule is Cc1cc(-n2ncc3cc(-c4ccc(SN)cc4)ccc32)ccc1F. The van der Waals surface area contributed by atoms with Crippen molar-refractivity contribution in [3.05, 3.63) is 78.2 Å². The van der Waals surface area contributed by atoms with E-state index in [0.717, 1.165) is 32.6 Å². The Morgan fingerprint density at radius 3 is 2.44 bits per heavy atom. The molecule has 124 valence electrons. The molecule has 4 aromatic rings. The smallest absolute Gasteiger partial charge is 0.126 e. The average Bonchev–Trinajstić information content (AvgIpc) is 3.07. The molecule has 2 N–H and O–H groups in total. The third kappa shape index (κ3) is 2.92. The maximum Gasteiger partial charge on any atom is 0.126 e. The maximum absolute atomic E-state index is 13.5. The minimum atomic E-state index is -0.207. The van der Waals surface area contributed by atoms with Gasteiger partial charge in [0.05, 0.1) is 17.4 Å². The number of hydrogen-bond donors (Lipinski definition) is 1. The van der Waals surface area contributed by atoms with Gasteiger partial charge in [0.25, 0.3) is 0 Å². The Hall–Kier alpha value is -2.63. The molecular weight excluding hydrogens is 333 g/mol. The third-order valence-corrected chi connectivity index (χ3v) is 4.82. The van der Waals surface area contributed by atoms with Crippen molar-refractivity contribution in [2.24, 2.45) is 5.14 Å². The monoisotopic (exact) mass is 349 g/mol. The van der Waals surface area contributed by atoms with Crippen LogP contribution in [0.1, 0.15) is 5.56 Å². The molecule has 0 amide bonds. The normalized spacial score (nSPS) is 11.2. The van der Waals surface area contributed by atoms with Gasteiger partial charge in [-0.3, -0.25) is 5.14 Å². The lowest BCUT2D eigenvalue weighted by molar-refractivity contribution is 0.617. The molecule has 0 unspecified atom stereocenters. The largest absolute Gasteiger partial charge is 0.274 e. The van der Waals surface area contributed by atoms with Crippen LogP contribution in [0.15, 0.2) is 71.8 Å². The van der Waals surface area contributed by atoms with Crippen molar-refractivity contribution in [1.82, 2.24) is 9.78 Å². The zero-order valence-electron chi connectivity index (χ0n) is 13.6. The van der Waals surface area contributed by atoms with E-state index < -0.39 is 0 Å². The van der Waals surface area contributed by atoms with E-state index in [4.69, 9.17) is 5.14 Å². The molecule has 0 bridgehead atoms. The van der Waals surface area contributed by atoms with Crippen molar-refractivity contribution in [3.8, 4) is 16.8 Å². The van der Waals surface area contributed by atoms with Crippen LogP contribution >= 0.6 is 11.9 Å². The van der Waals surface area contributed by atoms with Crippen LogP contribution in [-0.2, 0) is 0 Å². The fraction of sp³-hybridized carbons (Fsp3) is 0.0500. The summed E-state index contributed by atoms with van der Waals surface area (Å²) in [5, 5.41) is 11.1. The molecule has 0 aliphatic rings. The van der Waals surface area contributed by atoms with Gasteiger partial charge >= 0.3 is 0 Å². The van der Waals surface area contributed by atoms with Gasteiger partial charge in [0.1, 0.15) is 5.82 Å². The van der Waals surface area contributed by atoms with Gasteiger partial charge in [0, 0.05) is 10.3 Å². The van der Waals surface area contributed by atoms with Crippen LogP contribution in [0, 0.1) is 12.7 Å². The minimum Gasteiger partial charge on any atom is -0.274 e. The minimum absolute atomic E-state index is 0.207. The predicted octanol–water partition coefficient (Wildman–Crippen LogP) is 5.11. The number of rotatable bonds is 3. The lowest BCUT2D eigenvalue weighted by Crippen LogP contribution is -1.97. The molecule has 1 aromatic heterocycles. The molecule has 4 rings (SSSR count). The lowest BCUT2D eigenvalue weighted by Gasteiger charge is -2.07. The van der Waals surface area contributed by atoms with Crippen LogP contribution in [0.25, 0.3) is 27.7 Å². The number of aromatic nitrogens is 2. The first-order valence-corrected chi connectivity index (χ1v) is 8.75. The molecule has 0 aliphatic heterocycles. The number of nitrogens with two attached hydrogens (primary N) is 1. The summed E-state index contributed by atoms with van der Waals surface area (Å²) in [5.74, 6) is -0.207. The molecule has 3 nitrogen and oxygen atoms in total. The van der Waals surface area contributed by atoms with E-state index in [0.29, 0.717) is 5.56 Å². The highest BCUT2D eigenvalue weighted by Gasteiger charge is 2.08. The van der Waals surface area contributed by atoms with Crippen LogP contribution in [0.2, 0.25) is 0 Å². The second-order valence-electron chi connectivity index (χ2n) is 5.91. The van der Waals surface area contributed by atoms with Gasteiger partial charge in [0.2, 0.25) is 0 Å². The van der Waals surface area contributed by atoms with Crippen LogP contribution in [0.4, 0.5) is 4.39 Å². The molecule has 0 fully saturated rings.